The van der Waals surface area contributed by atoms with E-state index in [0.29, 0.717) is 12.5 Å². The van der Waals surface area contributed by atoms with Crippen molar-refractivity contribution in [2.75, 3.05) is 5.75 Å². The van der Waals surface area contributed by atoms with Crippen LogP contribution in [0.15, 0.2) is 54.6 Å². The van der Waals surface area contributed by atoms with E-state index in [1.54, 1.807) is 18.2 Å². The van der Waals surface area contributed by atoms with Gasteiger partial charge in [-0.25, -0.2) is 0 Å². The van der Waals surface area contributed by atoms with Crippen molar-refractivity contribution in [3.8, 4) is 5.75 Å². The van der Waals surface area contributed by atoms with Gasteiger partial charge in [-0.3, -0.25) is 4.79 Å². The molecule has 0 N–H and O–H groups in total. The molecule has 2 atom stereocenters. The molecular weight excluding hydrogens is 374 g/mol. The second kappa shape index (κ2) is 8.35. The zero-order chi connectivity index (χ0) is 20.3. The fourth-order valence-corrected chi connectivity index (χ4v) is 3.88. The molecule has 1 fully saturated rings. The standard InChI is InChI=1S/C22H27NO4S/c1-4-28(25,26)27-19-12-8-9-17(13-19)15-23(16(2)3)22(24)21-14-20(21)18-10-6-5-7-11-18/h5-13,16,20-21H,4,14-15H2,1-3H3. The lowest BCUT2D eigenvalue weighted by atomic mass is 10.1. The maximum atomic E-state index is 13.1. The van der Waals surface area contributed by atoms with Crippen LogP contribution in [0.4, 0.5) is 0 Å². The van der Waals surface area contributed by atoms with Crippen molar-refractivity contribution in [3.05, 3.63) is 65.7 Å². The lowest BCUT2D eigenvalue weighted by Gasteiger charge is -2.27. The predicted octanol–water partition coefficient (Wildman–Crippen LogP) is 3.96. The summed E-state index contributed by atoms with van der Waals surface area (Å²) in [5.74, 6) is 0.653. The Kier molecular flexibility index (Phi) is 6.08. The summed E-state index contributed by atoms with van der Waals surface area (Å²) >= 11 is 0. The van der Waals surface area contributed by atoms with Crippen LogP contribution in [0.2, 0.25) is 0 Å². The average molecular weight is 402 g/mol. The number of benzene rings is 2. The molecule has 0 aliphatic heterocycles. The first-order valence-electron chi connectivity index (χ1n) is 9.67. The van der Waals surface area contributed by atoms with Crippen LogP contribution in [0.25, 0.3) is 0 Å². The zero-order valence-corrected chi connectivity index (χ0v) is 17.4. The molecule has 1 aliphatic carbocycles. The molecule has 0 bridgehead atoms. The minimum absolute atomic E-state index is 0.0182. The summed E-state index contributed by atoms with van der Waals surface area (Å²) < 4.78 is 28.5. The van der Waals surface area contributed by atoms with Gasteiger partial charge in [-0.15, -0.1) is 0 Å². The van der Waals surface area contributed by atoms with Crippen LogP contribution < -0.4 is 4.18 Å². The van der Waals surface area contributed by atoms with Crippen molar-refractivity contribution in [1.29, 1.82) is 0 Å². The van der Waals surface area contributed by atoms with Crippen molar-refractivity contribution < 1.29 is 17.4 Å². The second-order valence-electron chi connectivity index (χ2n) is 7.50. The Morgan fingerprint density at radius 1 is 1.14 bits per heavy atom. The molecule has 0 aromatic heterocycles. The number of carbonyl (C=O) groups is 1. The Balaban J connectivity index is 1.71. The van der Waals surface area contributed by atoms with E-state index in [9.17, 15) is 13.2 Å². The minimum atomic E-state index is -3.57. The van der Waals surface area contributed by atoms with Gasteiger partial charge in [0.05, 0.1) is 5.75 Å². The normalized spacial score (nSPS) is 18.7. The van der Waals surface area contributed by atoms with Gasteiger partial charge in [0.25, 0.3) is 0 Å². The molecule has 1 saturated carbocycles. The predicted molar refractivity (Wildman–Crippen MR) is 110 cm³/mol. The van der Waals surface area contributed by atoms with E-state index in [0.717, 1.165) is 12.0 Å². The van der Waals surface area contributed by atoms with Crippen LogP contribution >= 0.6 is 0 Å². The highest BCUT2D eigenvalue weighted by Gasteiger charge is 2.46. The molecule has 1 aliphatic rings. The van der Waals surface area contributed by atoms with E-state index in [2.05, 4.69) is 12.1 Å². The lowest BCUT2D eigenvalue weighted by Crippen LogP contribution is -2.37. The van der Waals surface area contributed by atoms with Gasteiger partial charge in [-0.05, 0) is 56.4 Å². The van der Waals surface area contributed by atoms with Gasteiger partial charge in [-0.2, -0.15) is 8.42 Å². The summed E-state index contributed by atoms with van der Waals surface area (Å²) in [6.07, 6.45) is 0.879. The Morgan fingerprint density at radius 3 is 2.50 bits per heavy atom. The molecule has 0 radical (unpaired) electrons. The first-order chi connectivity index (χ1) is 13.3. The van der Waals surface area contributed by atoms with Crippen molar-refractivity contribution in [1.82, 2.24) is 4.90 Å². The van der Waals surface area contributed by atoms with Gasteiger partial charge in [0.1, 0.15) is 5.75 Å². The summed E-state index contributed by atoms with van der Waals surface area (Å²) in [5, 5.41) is 0. The van der Waals surface area contributed by atoms with Gasteiger partial charge in [0, 0.05) is 18.5 Å². The SMILES string of the molecule is CCS(=O)(=O)Oc1cccc(CN(C(=O)C2CC2c2ccccc2)C(C)C)c1. The molecule has 2 aromatic carbocycles. The molecule has 28 heavy (non-hydrogen) atoms. The molecule has 6 heteroatoms. The van der Waals surface area contributed by atoms with E-state index >= 15 is 0 Å². The smallest absolute Gasteiger partial charge is 0.308 e. The number of nitrogens with zero attached hydrogens (tertiary/aromatic N) is 1. The number of hydrogen-bond donors (Lipinski definition) is 0. The molecule has 0 heterocycles. The van der Waals surface area contributed by atoms with Gasteiger partial charge >= 0.3 is 10.1 Å². The zero-order valence-electron chi connectivity index (χ0n) is 16.5. The summed E-state index contributed by atoms with van der Waals surface area (Å²) in [4.78, 5) is 15.0. The summed E-state index contributed by atoms with van der Waals surface area (Å²) in [5.41, 5.74) is 2.06. The largest absolute Gasteiger partial charge is 0.382 e. The maximum absolute atomic E-state index is 13.1. The van der Waals surface area contributed by atoms with E-state index in [-0.39, 0.29) is 29.4 Å². The average Bonchev–Trinajstić information content (AvgIpc) is 3.47. The molecule has 1 amide bonds. The fraction of sp³-hybridized carbons (Fsp3) is 0.409. The van der Waals surface area contributed by atoms with Crippen LogP contribution in [0.5, 0.6) is 5.75 Å². The van der Waals surface area contributed by atoms with Gasteiger partial charge in [0.15, 0.2) is 0 Å². The quantitative estimate of drug-likeness (QED) is 0.628. The third-order valence-electron chi connectivity index (χ3n) is 5.07. The Bertz CT molecular complexity index is 925. The molecule has 150 valence electrons. The fourth-order valence-electron chi connectivity index (χ4n) is 3.36. The third kappa shape index (κ3) is 4.93. The van der Waals surface area contributed by atoms with Crippen LogP contribution in [0.3, 0.4) is 0 Å². The first-order valence-corrected chi connectivity index (χ1v) is 11.2. The summed E-state index contributed by atoms with van der Waals surface area (Å²) in [6, 6.07) is 17.1. The molecule has 0 spiro atoms. The highest BCUT2D eigenvalue weighted by molar-refractivity contribution is 7.87. The Labute approximate surface area is 167 Å². The molecule has 2 unspecified atom stereocenters. The summed E-state index contributed by atoms with van der Waals surface area (Å²) in [6.45, 7) is 5.97. The molecule has 3 rings (SSSR count). The number of hydrogen-bond acceptors (Lipinski definition) is 4. The Hall–Kier alpha value is -2.34. The van der Waals surface area contributed by atoms with Crippen LogP contribution in [0.1, 0.15) is 44.2 Å². The molecule has 5 nitrogen and oxygen atoms in total. The van der Waals surface area contributed by atoms with Crippen molar-refractivity contribution >= 4 is 16.0 Å². The molecular formula is C22H27NO4S. The van der Waals surface area contributed by atoms with Crippen molar-refractivity contribution in [3.63, 3.8) is 0 Å². The second-order valence-corrected chi connectivity index (χ2v) is 9.36. The van der Waals surface area contributed by atoms with E-state index in [1.807, 2.05) is 43.0 Å². The first kappa shape index (κ1) is 20.4. The summed E-state index contributed by atoms with van der Waals surface area (Å²) in [7, 11) is -3.57. The van der Waals surface area contributed by atoms with Gasteiger partial charge < -0.3 is 9.08 Å². The number of carbonyl (C=O) groups excluding carboxylic acids is 1. The van der Waals surface area contributed by atoms with Gasteiger partial charge in [-0.1, -0.05) is 42.5 Å². The monoisotopic (exact) mass is 401 g/mol. The molecule has 2 aromatic rings. The lowest BCUT2D eigenvalue weighted by molar-refractivity contribution is -0.135. The number of rotatable bonds is 8. The van der Waals surface area contributed by atoms with Crippen LogP contribution in [0, 0.1) is 5.92 Å². The molecule has 0 saturated heterocycles. The van der Waals surface area contributed by atoms with Crippen molar-refractivity contribution in [2.24, 2.45) is 5.92 Å². The van der Waals surface area contributed by atoms with Crippen molar-refractivity contribution in [2.45, 2.75) is 45.7 Å². The minimum Gasteiger partial charge on any atom is -0.382 e. The van der Waals surface area contributed by atoms with E-state index in [1.165, 1.54) is 12.5 Å². The van der Waals surface area contributed by atoms with Crippen LogP contribution in [-0.4, -0.2) is 31.0 Å². The third-order valence-corrected chi connectivity index (χ3v) is 6.22. The van der Waals surface area contributed by atoms with E-state index < -0.39 is 10.1 Å². The van der Waals surface area contributed by atoms with Gasteiger partial charge in [0.2, 0.25) is 5.91 Å². The maximum Gasteiger partial charge on any atom is 0.308 e. The Morgan fingerprint density at radius 2 is 1.86 bits per heavy atom. The highest BCUT2D eigenvalue weighted by atomic mass is 32.2. The van der Waals surface area contributed by atoms with Crippen LogP contribution in [-0.2, 0) is 21.5 Å². The van der Waals surface area contributed by atoms with E-state index in [4.69, 9.17) is 4.18 Å². The highest BCUT2D eigenvalue weighted by Crippen LogP contribution is 2.48. The number of amides is 1. The topological polar surface area (TPSA) is 63.7 Å².